The molecule has 2 N–H and O–H groups in total. The van der Waals surface area contributed by atoms with Crippen LogP contribution in [0.2, 0.25) is 0 Å². The molecule has 0 aromatic heterocycles. The predicted octanol–water partition coefficient (Wildman–Crippen LogP) is 4.01. The molecule has 150 valence electrons. The van der Waals surface area contributed by atoms with Crippen molar-refractivity contribution >= 4 is 34.6 Å². The van der Waals surface area contributed by atoms with Gasteiger partial charge in [0.2, 0.25) is 0 Å². The van der Waals surface area contributed by atoms with Crippen molar-refractivity contribution in [3.63, 3.8) is 0 Å². The van der Waals surface area contributed by atoms with Gasteiger partial charge in [0.25, 0.3) is 23.2 Å². The van der Waals surface area contributed by atoms with Gasteiger partial charge in [-0.05, 0) is 42.5 Å². The maximum absolute atomic E-state index is 12.4. The summed E-state index contributed by atoms with van der Waals surface area (Å²) in [5.74, 6) is -0.951. The fraction of sp³-hybridized carbons (Fsp3) is 0. The average Bonchev–Trinajstić information content (AvgIpc) is 2.74. The van der Waals surface area contributed by atoms with Crippen LogP contribution in [0, 0.1) is 20.2 Å². The van der Waals surface area contributed by atoms with Crippen LogP contribution in [0.25, 0.3) is 0 Å². The summed E-state index contributed by atoms with van der Waals surface area (Å²) in [7, 11) is 0. The lowest BCUT2D eigenvalue weighted by Crippen LogP contribution is -2.14. The molecule has 0 atom stereocenters. The standard InChI is InChI=1S/C20H14N4O6/c25-19(13-4-8-17(9-5-13)23(27)28)22-16-3-1-2-14(12-16)20(26)21-15-6-10-18(11-7-15)24(29)30/h1-12H,(H,21,26)(H,22,25). The molecule has 3 rings (SSSR count). The lowest BCUT2D eigenvalue weighted by molar-refractivity contribution is -0.385. The largest absolute Gasteiger partial charge is 0.322 e. The lowest BCUT2D eigenvalue weighted by Gasteiger charge is -2.08. The molecule has 0 bridgehead atoms. The van der Waals surface area contributed by atoms with Crippen LogP contribution >= 0.6 is 0 Å². The first kappa shape index (κ1) is 20.1. The number of benzene rings is 3. The first-order chi connectivity index (χ1) is 14.3. The molecular formula is C20H14N4O6. The first-order valence-electron chi connectivity index (χ1n) is 8.55. The predicted molar refractivity (Wildman–Crippen MR) is 109 cm³/mol. The number of rotatable bonds is 6. The fourth-order valence-electron chi connectivity index (χ4n) is 2.55. The Morgan fingerprint density at radius 1 is 0.633 bits per heavy atom. The van der Waals surface area contributed by atoms with Crippen LogP contribution in [0.3, 0.4) is 0 Å². The van der Waals surface area contributed by atoms with E-state index in [1.807, 2.05) is 0 Å². The number of amides is 2. The van der Waals surface area contributed by atoms with Crippen molar-refractivity contribution in [1.29, 1.82) is 0 Å². The smallest absolute Gasteiger partial charge is 0.269 e. The Labute approximate surface area is 169 Å². The number of nitrogens with zero attached hydrogens (tertiary/aromatic N) is 2. The van der Waals surface area contributed by atoms with Crippen LogP contribution in [0.4, 0.5) is 22.7 Å². The van der Waals surface area contributed by atoms with E-state index in [0.717, 1.165) is 0 Å². The Bertz CT molecular complexity index is 1130. The van der Waals surface area contributed by atoms with Gasteiger partial charge in [-0.2, -0.15) is 0 Å². The van der Waals surface area contributed by atoms with E-state index in [2.05, 4.69) is 10.6 Å². The van der Waals surface area contributed by atoms with E-state index in [0.29, 0.717) is 11.4 Å². The van der Waals surface area contributed by atoms with Crippen molar-refractivity contribution in [1.82, 2.24) is 0 Å². The number of carbonyl (C=O) groups excluding carboxylic acids is 2. The summed E-state index contributed by atoms with van der Waals surface area (Å²) in [4.78, 5) is 45.0. The Kier molecular flexibility index (Phi) is 5.78. The minimum atomic E-state index is -0.561. The zero-order valence-electron chi connectivity index (χ0n) is 15.3. The minimum absolute atomic E-state index is 0.0936. The zero-order chi connectivity index (χ0) is 21.7. The molecule has 0 aliphatic heterocycles. The third kappa shape index (κ3) is 4.81. The van der Waals surface area contributed by atoms with Crippen LogP contribution in [0.15, 0.2) is 72.8 Å². The van der Waals surface area contributed by atoms with Gasteiger partial charge in [0.1, 0.15) is 0 Å². The zero-order valence-corrected chi connectivity index (χ0v) is 15.3. The summed E-state index contributed by atoms with van der Waals surface area (Å²) in [5.41, 5.74) is 0.997. The van der Waals surface area contributed by atoms with Gasteiger partial charge >= 0.3 is 0 Å². The highest BCUT2D eigenvalue weighted by atomic mass is 16.6. The van der Waals surface area contributed by atoms with Crippen molar-refractivity contribution < 1.29 is 19.4 Å². The van der Waals surface area contributed by atoms with E-state index >= 15 is 0 Å². The van der Waals surface area contributed by atoms with Gasteiger partial charge in [0.15, 0.2) is 0 Å². The number of nitrogens with one attached hydrogen (secondary N) is 2. The molecule has 0 heterocycles. The van der Waals surface area contributed by atoms with Crippen molar-refractivity contribution in [3.8, 4) is 0 Å². The molecule has 30 heavy (non-hydrogen) atoms. The molecule has 0 fully saturated rings. The summed E-state index contributed by atoms with van der Waals surface area (Å²) in [6.45, 7) is 0. The highest BCUT2D eigenvalue weighted by Crippen LogP contribution is 2.18. The number of hydrogen-bond donors (Lipinski definition) is 2. The Morgan fingerprint density at radius 2 is 1.13 bits per heavy atom. The molecule has 3 aromatic carbocycles. The Balaban J connectivity index is 1.68. The monoisotopic (exact) mass is 406 g/mol. The summed E-state index contributed by atoms with van der Waals surface area (Å²) in [5, 5.41) is 26.6. The lowest BCUT2D eigenvalue weighted by atomic mass is 10.1. The van der Waals surface area contributed by atoms with Gasteiger partial charge in [-0.1, -0.05) is 6.07 Å². The second-order valence-corrected chi connectivity index (χ2v) is 6.10. The molecule has 10 nitrogen and oxygen atoms in total. The maximum Gasteiger partial charge on any atom is 0.269 e. The van der Waals surface area contributed by atoms with E-state index in [4.69, 9.17) is 0 Å². The third-order valence-corrected chi connectivity index (χ3v) is 4.06. The number of non-ortho nitro benzene ring substituents is 2. The maximum atomic E-state index is 12.4. The summed E-state index contributed by atoms with van der Waals surface area (Å²) < 4.78 is 0. The molecule has 0 saturated carbocycles. The van der Waals surface area contributed by atoms with Gasteiger partial charge in [-0.3, -0.25) is 29.8 Å². The Hall–Kier alpha value is -4.60. The third-order valence-electron chi connectivity index (χ3n) is 4.06. The molecular weight excluding hydrogens is 392 g/mol. The summed E-state index contributed by atoms with van der Waals surface area (Å²) in [6.07, 6.45) is 0. The van der Waals surface area contributed by atoms with Crippen LogP contribution in [0.5, 0.6) is 0 Å². The van der Waals surface area contributed by atoms with E-state index in [9.17, 15) is 29.8 Å². The molecule has 3 aromatic rings. The van der Waals surface area contributed by atoms with Crippen molar-refractivity contribution in [2.45, 2.75) is 0 Å². The fourth-order valence-corrected chi connectivity index (χ4v) is 2.55. The molecule has 0 aliphatic rings. The van der Waals surface area contributed by atoms with Crippen molar-refractivity contribution in [2.75, 3.05) is 10.6 Å². The SMILES string of the molecule is O=C(Nc1cccc(C(=O)Nc2ccc([N+](=O)[O-])cc2)c1)c1ccc([N+](=O)[O-])cc1. The van der Waals surface area contributed by atoms with E-state index < -0.39 is 21.7 Å². The minimum Gasteiger partial charge on any atom is -0.322 e. The number of anilines is 2. The van der Waals surface area contributed by atoms with Gasteiger partial charge in [0, 0.05) is 46.8 Å². The summed E-state index contributed by atoms with van der Waals surface area (Å²) in [6, 6.07) is 16.7. The van der Waals surface area contributed by atoms with E-state index in [-0.39, 0.29) is 22.5 Å². The van der Waals surface area contributed by atoms with Gasteiger partial charge < -0.3 is 10.6 Å². The number of carbonyl (C=O) groups is 2. The van der Waals surface area contributed by atoms with E-state index in [1.54, 1.807) is 18.2 Å². The molecule has 0 saturated heterocycles. The molecule has 10 heteroatoms. The quantitative estimate of drug-likeness (QED) is 0.467. The first-order valence-corrected chi connectivity index (χ1v) is 8.55. The number of nitro groups is 2. The number of nitro benzene ring substituents is 2. The normalized spacial score (nSPS) is 10.1. The second-order valence-electron chi connectivity index (χ2n) is 6.10. The van der Waals surface area contributed by atoms with Crippen molar-refractivity contribution in [2.24, 2.45) is 0 Å². The molecule has 0 unspecified atom stereocenters. The van der Waals surface area contributed by atoms with Gasteiger partial charge in [-0.25, -0.2) is 0 Å². The van der Waals surface area contributed by atoms with Gasteiger partial charge in [0.05, 0.1) is 9.85 Å². The molecule has 0 radical (unpaired) electrons. The van der Waals surface area contributed by atoms with Crippen LogP contribution < -0.4 is 10.6 Å². The summed E-state index contributed by atoms with van der Waals surface area (Å²) >= 11 is 0. The average molecular weight is 406 g/mol. The second kappa shape index (κ2) is 8.61. The van der Waals surface area contributed by atoms with Crippen LogP contribution in [-0.4, -0.2) is 21.7 Å². The highest BCUT2D eigenvalue weighted by molar-refractivity contribution is 6.07. The molecule has 0 aliphatic carbocycles. The van der Waals surface area contributed by atoms with Gasteiger partial charge in [-0.15, -0.1) is 0 Å². The van der Waals surface area contributed by atoms with Crippen LogP contribution in [0.1, 0.15) is 20.7 Å². The van der Waals surface area contributed by atoms with E-state index in [1.165, 1.54) is 54.6 Å². The molecule has 2 amide bonds. The topological polar surface area (TPSA) is 144 Å². The Morgan fingerprint density at radius 3 is 1.70 bits per heavy atom. The molecule has 0 spiro atoms. The number of hydrogen-bond acceptors (Lipinski definition) is 6. The highest BCUT2D eigenvalue weighted by Gasteiger charge is 2.12. The van der Waals surface area contributed by atoms with Crippen molar-refractivity contribution in [3.05, 3.63) is 104 Å². The van der Waals surface area contributed by atoms with Crippen LogP contribution in [-0.2, 0) is 0 Å².